The van der Waals surface area contributed by atoms with E-state index in [1.165, 1.54) is 5.56 Å². The summed E-state index contributed by atoms with van der Waals surface area (Å²) in [5.41, 5.74) is 2.72. The summed E-state index contributed by atoms with van der Waals surface area (Å²) in [7, 11) is 0. The molecule has 1 heterocycles. The van der Waals surface area contributed by atoms with Gasteiger partial charge in [-0.2, -0.15) is 0 Å². The molecule has 0 aliphatic heterocycles. The SMILES string of the molecule is CC(C)(C)OC(=O)Nc1ccc(Nc2ccc(C(C)(C)C)cc2)cn1. The van der Waals surface area contributed by atoms with Crippen molar-refractivity contribution >= 4 is 23.3 Å². The standard InChI is InChI=1S/C20H27N3O2/c1-19(2,3)14-7-9-15(10-8-14)22-16-11-12-17(21-13-16)23-18(24)25-20(4,5)6/h7-13,22H,1-6H3,(H,21,23,24). The van der Waals surface area contributed by atoms with Crippen LogP contribution in [0.5, 0.6) is 0 Å². The molecule has 0 atom stereocenters. The van der Waals surface area contributed by atoms with Gasteiger partial charge in [0.05, 0.1) is 11.9 Å². The molecule has 2 rings (SSSR count). The summed E-state index contributed by atoms with van der Waals surface area (Å²) in [6, 6.07) is 11.9. The first kappa shape index (κ1) is 18.8. The van der Waals surface area contributed by atoms with Gasteiger partial charge in [0.1, 0.15) is 11.4 Å². The molecule has 1 aromatic carbocycles. The summed E-state index contributed by atoms with van der Waals surface area (Å²) >= 11 is 0. The first-order valence-electron chi connectivity index (χ1n) is 8.36. The fraction of sp³-hybridized carbons (Fsp3) is 0.400. The second kappa shape index (κ2) is 7.13. The predicted octanol–water partition coefficient (Wildman–Crippen LogP) is 5.47. The number of hydrogen-bond acceptors (Lipinski definition) is 4. The molecule has 0 fully saturated rings. The number of carbonyl (C=O) groups excluding carboxylic acids is 1. The number of aromatic nitrogens is 1. The van der Waals surface area contributed by atoms with Crippen LogP contribution in [0.2, 0.25) is 0 Å². The molecule has 2 aromatic rings. The maximum atomic E-state index is 11.7. The lowest BCUT2D eigenvalue weighted by molar-refractivity contribution is 0.0635. The molecule has 0 saturated heterocycles. The smallest absolute Gasteiger partial charge is 0.413 e. The number of nitrogens with zero attached hydrogens (tertiary/aromatic N) is 1. The monoisotopic (exact) mass is 341 g/mol. The van der Waals surface area contributed by atoms with Gasteiger partial charge in [0.2, 0.25) is 0 Å². The Hall–Kier alpha value is -2.56. The van der Waals surface area contributed by atoms with E-state index in [2.05, 4.69) is 48.5 Å². The number of ether oxygens (including phenoxy) is 1. The van der Waals surface area contributed by atoms with Gasteiger partial charge in [-0.25, -0.2) is 9.78 Å². The third kappa shape index (κ3) is 6.10. The average molecular weight is 341 g/mol. The molecule has 5 heteroatoms. The summed E-state index contributed by atoms with van der Waals surface area (Å²) < 4.78 is 5.20. The second-order valence-corrected chi connectivity index (χ2v) is 8.01. The van der Waals surface area contributed by atoms with Crippen molar-refractivity contribution in [2.75, 3.05) is 10.6 Å². The number of amides is 1. The lowest BCUT2D eigenvalue weighted by atomic mass is 9.87. The van der Waals surface area contributed by atoms with Crippen molar-refractivity contribution in [1.82, 2.24) is 4.98 Å². The molecule has 0 unspecified atom stereocenters. The maximum absolute atomic E-state index is 11.7. The van der Waals surface area contributed by atoms with Crippen molar-refractivity contribution in [3.05, 3.63) is 48.2 Å². The van der Waals surface area contributed by atoms with Gasteiger partial charge in [0, 0.05) is 5.69 Å². The van der Waals surface area contributed by atoms with Crippen molar-refractivity contribution in [2.24, 2.45) is 0 Å². The molecule has 0 spiro atoms. The minimum Gasteiger partial charge on any atom is -0.444 e. The highest BCUT2D eigenvalue weighted by Crippen LogP contribution is 2.25. The van der Waals surface area contributed by atoms with Gasteiger partial charge >= 0.3 is 6.09 Å². The van der Waals surface area contributed by atoms with E-state index in [1.807, 2.05) is 39.0 Å². The van der Waals surface area contributed by atoms with Crippen molar-refractivity contribution in [3.8, 4) is 0 Å². The fourth-order valence-electron chi connectivity index (χ4n) is 2.17. The van der Waals surface area contributed by atoms with E-state index >= 15 is 0 Å². The molecule has 0 bridgehead atoms. The summed E-state index contributed by atoms with van der Waals surface area (Å²) in [5.74, 6) is 0.447. The van der Waals surface area contributed by atoms with E-state index < -0.39 is 11.7 Å². The van der Waals surface area contributed by atoms with Crippen LogP contribution in [0.4, 0.5) is 22.0 Å². The quantitative estimate of drug-likeness (QED) is 0.777. The Balaban J connectivity index is 1.97. The van der Waals surface area contributed by atoms with E-state index in [0.29, 0.717) is 5.82 Å². The van der Waals surface area contributed by atoms with Crippen LogP contribution in [0.25, 0.3) is 0 Å². The lowest BCUT2D eigenvalue weighted by Gasteiger charge is -2.19. The Bertz CT molecular complexity index is 709. The fourth-order valence-corrected chi connectivity index (χ4v) is 2.17. The Kier molecular flexibility index (Phi) is 5.36. The predicted molar refractivity (Wildman–Crippen MR) is 103 cm³/mol. The van der Waals surface area contributed by atoms with Crippen LogP contribution < -0.4 is 10.6 Å². The second-order valence-electron chi connectivity index (χ2n) is 8.01. The minimum atomic E-state index is -0.537. The van der Waals surface area contributed by atoms with Crippen LogP contribution in [-0.4, -0.2) is 16.7 Å². The minimum absolute atomic E-state index is 0.134. The summed E-state index contributed by atoms with van der Waals surface area (Å²) in [6.45, 7) is 12.0. The first-order chi connectivity index (χ1) is 11.5. The van der Waals surface area contributed by atoms with Gasteiger partial charge in [-0.3, -0.25) is 5.32 Å². The molecule has 1 amide bonds. The highest BCUT2D eigenvalue weighted by atomic mass is 16.6. The van der Waals surface area contributed by atoms with Crippen molar-refractivity contribution < 1.29 is 9.53 Å². The molecular formula is C20H27N3O2. The van der Waals surface area contributed by atoms with Crippen molar-refractivity contribution in [2.45, 2.75) is 52.6 Å². The van der Waals surface area contributed by atoms with Gasteiger partial charge in [-0.15, -0.1) is 0 Å². The number of carbonyl (C=O) groups is 1. The summed E-state index contributed by atoms with van der Waals surface area (Å²) in [6.07, 6.45) is 1.16. The Morgan fingerprint density at radius 3 is 2.00 bits per heavy atom. The largest absolute Gasteiger partial charge is 0.444 e. The van der Waals surface area contributed by atoms with Gasteiger partial charge < -0.3 is 10.1 Å². The van der Waals surface area contributed by atoms with E-state index in [0.717, 1.165) is 11.4 Å². The van der Waals surface area contributed by atoms with Gasteiger partial charge in [0.15, 0.2) is 0 Å². The van der Waals surface area contributed by atoms with Gasteiger partial charge in [-0.1, -0.05) is 32.9 Å². The van der Waals surface area contributed by atoms with E-state index in [9.17, 15) is 4.79 Å². The lowest BCUT2D eigenvalue weighted by Crippen LogP contribution is -2.27. The zero-order valence-electron chi connectivity index (χ0n) is 15.8. The first-order valence-corrected chi connectivity index (χ1v) is 8.36. The topological polar surface area (TPSA) is 63.2 Å². The van der Waals surface area contributed by atoms with Crippen LogP contribution in [0.3, 0.4) is 0 Å². The number of rotatable bonds is 3. The number of hydrogen-bond donors (Lipinski definition) is 2. The highest BCUT2D eigenvalue weighted by molar-refractivity contribution is 5.83. The van der Waals surface area contributed by atoms with Crippen LogP contribution in [0.15, 0.2) is 42.6 Å². The van der Waals surface area contributed by atoms with Crippen LogP contribution >= 0.6 is 0 Å². The number of benzene rings is 1. The van der Waals surface area contributed by atoms with E-state index in [1.54, 1.807) is 12.3 Å². The molecular weight excluding hydrogens is 314 g/mol. The molecule has 0 aliphatic carbocycles. The maximum Gasteiger partial charge on any atom is 0.413 e. The average Bonchev–Trinajstić information content (AvgIpc) is 2.47. The van der Waals surface area contributed by atoms with Gasteiger partial charge in [0.25, 0.3) is 0 Å². The number of pyridine rings is 1. The van der Waals surface area contributed by atoms with E-state index in [4.69, 9.17) is 4.74 Å². The van der Waals surface area contributed by atoms with Crippen molar-refractivity contribution in [1.29, 1.82) is 0 Å². The number of anilines is 3. The summed E-state index contributed by atoms with van der Waals surface area (Å²) in [5, 5.41) is 5.91. The third-order valence-corrected chi connectivity index (χ3v) is 3.43. The van der Waals surface area contributed by atoms with Gasteiger partial charge in [-0.05, 0) is 56.0 Å². The Labute approximate surface area is 149 Å². The van der Waals surface area contributed by atoms with Crippen LogP contribution in [0.1, 0.15) is 47.1 Å². The third-order valence-electron chi connectivity index (χ3n) is 3.43. The molecule has 25 heavy (non-hydrogen) atoms. The molecule has 0 saturated carbocycles. The molecule has 1 aromatic heterocycles. The van der Waals surface area contributed by atoms with Crippen LogP contribution in [0, 0.1) is 0 Å². The van der Waals surface area contributed by atoms with Crippen molar-refractivity contribution in [3.63, 3.8) is 0 Å². The zero-order chi connectivity index (χ0) is 18.7. The van der Waals surface area contributed by atoms with E-state index in [-0.39, 0.29) is 5.41 Å². The summed E-state index contributed by atoms with van der Waals surface area (Å²) in [4.78, 5) is 16.0. The molecule has 2 N–H and O–H groups in total. The number of nitrogens with one attached hydrogen (secondary N) is 2. The molecule has 134 valence electrons. The molecule has 0 aliphatic rings. The van der Waals surface area contributed by atoms with Crippen LogP contribution in [-0.2, 0) is 10.2 Å². The molecule has 0 radical (unpaired) electrons. The highest BCUT2D eigenvalue weighted by Gasteiger charge is 2.16. The normalized spacial score (nSPS) is 11.8. The Morgan fingerprint density at radius 1 is 0.920 bits per heavy atom. The Morgan fingerprint density at radius 2 is 1.52 bits per heavy atom. The zero-order valence-corrected chi connectivity index (χ0v) is 15.8. The molecule has 5 nitrogen and oxygen atoms in total.